The normalized spacial score (nSPS) is 15.7. The smallest absolute Gasteiger partial charge is 0.271 e. The Bertz CT molecular complexity index is 1050. The van der Waals surface area contributed by atoms with Gasteiger partial charge in [0.15, 0.2) is 9.84 Å². The third kappa shape index (κ3) is 5.78. The van der Waals surface area contributed by atoms with Crippen LogP contribution in [-0.4, -0.2) is 49.5 Å². The van der Waals surface area contributed by atoms with Crippen LogP contribution in [0, 0.1) is 10.1 Å². The van der Waals surface area contributed by atoms with Crippen LogP contribution < -0.4 is 5.32 Å². The molecule has 0 saturated carbocycles. The maximum atomic E-state index is 12.6. The number of nitro benzene ring substituents is 1. The molecule has 1 aliphatic heterocycles. The molecule has 10 heteroatoms. The number of nitrogens with zero attached hydrogens (tertiary/aromatic N) is 2. The predicted octanol–water partition coefficient (Wildman–Crippen LogP) is 3.05. The number of nitrogens with one attached hydrogen (secondary N) is 1. The van der Waals surface area contributed by atoms with Crippen LogP contribution in [0.25, 0.3) is 0 Å². The lowest BCUT2D eigenvalue weighted by Gasteiger charge is -2.32. The Morgan fingerprint density at radius 1 is 1.20 bits per heavy atom. The summed E-state index contributed by atoms with van der Waals surface area (Å²) in [5.74, 6) is -0.514. The van der Waals surface area contributed by atoms with Crippen molar-refractivity contribution in [3.63, 3.8) is 0 Å². The number of rotatable bonds is 6. The average molecular weight is 452 g/mol. The lowest BCUT2D eigenvalue weighted by molar-refractivity contribution is -0.385. The molecule has 0 aliphatic carbocycles. The zero-order chi connectivity index (χ0) is 21.9. The van der Waals surface area contributed by atoms with Crippen LogP contribution in [0.15, 0.2) is 47.4 Å². The van der Waals surface area contributed by atoms with Crippen molar-refractivity contribution in [1.82, 2.24) is 10.2 Å². The number of carbonyl (C=O) groups is 1. The first kappa shape index (κ1) is 22.2. The van der Waals surface area contributed by atoms with E-state index in [9.17, 15) is 23.3 Å². The van der Waals surface area contributed by atoms with Crippen LogP contribution >= 0.6 is 11.6 Å². The summed E-state index contributed by atoms with van der Waals surface area (Å²) < 4.78 is 23.6. The molecule has 0 bridgehead atoms. The number of piperidine rings is 1. The number of sulfone groups is 1. The molecule has 1 amide bonds. The lowest BCUT2D eigenvalue weighted by Crippen LogP contribution is -2.44. The number of non-ortho nitro benzene ring substituents is 1. The van der Waals surface area contributed by atoms with Crippen molar-refractivity contribution in [2.24, 2.45) is 0 Å². The van der Waals surface area contributed by atoms with E-state index in [-0.39, 0.29) is 16.5 Å². The number of hydrogen-bond acceptors (Lipinski definition) is 6. The van der Waals surface area contributed by atoms with Gasteiger partial charge in [0.25, 0.3) is 11.6 Å². The fourth-order valence-corrected chi connectivity index (χ4v) is 4.19. The van der Waals surface area contributed by atoms with E-state index >= 15 is 0 Å². The first-order chi connectivity index (χ1) is 14.1. The fourth-order valence-electron chi connectivity index (χ4n) is 3.39. The van der Waals surface area contributed by atoms with Crippen LogP contribution in [0.5, 0.6) is 0 Å². The van der Waals surface area contributed by atoms with Crippen LogP contribution in [0.2, 0.25) is 5.02 Å². The molecule has 1 aliphatic rings. The maximum absolute atomic E-state index is 12.6. The number of benzene rings is 2. The van der Waals surface area contributed by atoms with Crippen molar-refractivity contribution in [3.05, 3.63) is 68.7 Å². The Kier molecular flexibility index (Phi) is 6.74. The van der Waals surface area contributed by atoms with Gasteiger partial charge in [0.2, 0.25) is 0 Å². The maximum Gasteiger partial charge on any atom is 0.271 e. The molecule has 0 radical (unpaired) electrons. The number of nitro groups is 1. The summed E-state index contributed by atoms with van der Waals surface area (Å²) in [6.45, 7) is 2.37. The number of halogens is 1. The van der Waals surface area contributed by atoms with E-state index < -0.39 is 26.4 Å². The van der Waals surface area contributed by atoms with Gasteiger partial charge < -0.3 is 5.32 Å². The molecule has 1 saturated heterocycles. The van der Waals surface area contributed by atoms with Crippen LogP contribution in [-0.2, 0) is 16.4 Å². The molecule has 1 fully saturated rings. The van der Waals surface area contributed by atoms with E-state index in [4.69, 9.17) is 11.6 Å². The van der Waals surface area contributed by atoms with Gasteiger partial charge in [-0.1, -0.05) is 23.7 Å². The number of hydrogen-bond donors (Lipinski definition) is 1. The Hall–Kier alpha value is -2.49. The van der Waals surface area contributed by atoms with Crippen molar-refractivity contribution in [2.75, 3.05) is 19.3 Å². The SMILES string of the molecule is CS(=O)(=O)c1cc(C(=O)NC2CCN(Cc3ccc(Cl)cc3)CC2)cc([N+](=O)[O-])c1. The molecule has 0 spiro atoms. The van der Waals surface area contributed by atoms with E-state index in [1.165, 1.54) is 6.07 Å². The first-order valence-electron chi connectivity index (χ1n) is 9.39. The summed E-state index contributed by atoms with van der Waals surface area (Å²) in [6, 6.07) is 10.8. The molecule has 30 heavy (non-hydrogen) atoms. The van der Waals surface area contributed by atoms with Gasteiger partial charge in [-0.25, -0.2) is 8.42 Å². The molecular weight excluding hydrogens is 430 g/mol. The summed E-state index contributed by atoms with van der Waals surface area (Å²) in [6.07, 6.45) is 2.41. The van der Waals surface area contributed by atoms with Gasteiger partial charge in [-0.2, -0.15) is 0 Å². The number of amides is 1. The van der Waals surface area contributed by atoms with Crippen molar-refractivity contribution in [3.8, 4) is 0 Å². The lowest BCUT2D eigenvalue weighted by atomic mass is 10.0. The topological polar surface area (TPSA) is 110 Å². The van der Waals surface area contributed by atoms with Crippen molar-refractivity contribution >= 4 is 33.0 Å². The monoisotopic (exact) mass is 451 g/mol. The number of likely N-dealkylation sites (tertiary alicyclic amines) is 1. The summed E-state index contributed by atoms with van der Waals surface area (Å²) in [7, 11) is -3.69. The highest BCUT2D eigenvalue weighted by atomic mass is 35.5. The van der Waals surface area contributed by atoms with Gasteiger partial charge in [0.05, 0.1) is 9.82 Å². The number of carbonyl (C=O) groups excluding carboxylic acids is 1. The second-order valence-electron chi connectivity index (χ2n) is 7.40. The molecular formula is C20H22ClN3O5S. The molecule has 0 unspecified atom stereocenters. The van der Waals surface area contributed by atoms with Crippen molar-refractivity contribution < 1.29 is 18.1 Å². The Balaban J connectivity index is 1.62. The van der Waals surface area contributed by atoms with Gasteiger partial charge in [-0.3, -0.25) is 19.8 Å². The third-order valence-corrected chi connectivity index (χ3v) is 6.38. The summed E-state index contributed by atoms with van der Waals surface area (Å²) in [4.78, 5) is 25.1. The van der Waals surface area contributed by atoms with E-state index in [0.717, 1.165) is 56.4 Å². The predicted molar refractivity (Wildman–Crippen MR) is 113 cm³/mol. The quantitative estimate of drug-likeness (QED) is 0.534. The highest BCUT2D eigenvalue weighted by Gasteiger charge is 2.24. The molecule has 2 aromatic carbocycles. The molecule has 1 N–H and O–H groups in total. The minimum atomic E-state index is -3.69. The molecule has 3 rings (SSSR count). The van der Waals surface area contributed by atoms with Gasteiger partial charge in [0.1, 0.15) is 0 Å². The fraction of sp³-hybridized carbons (Fsp3) is 0.350. The molecule has 0 aromatic heterocycles. The standard InChI is InChI=1S/C20H22ClN3O5S/c1-30(28,29)19-11-15(10-18(12-19)24(26)27)20(25)22-17-6-8-23(9-7-17)13-14-2-4-16(21)5-3-14/h2-5,10-12,17H,6-9,13H2,1H3,(H,22,25). The van der Waals surface area contributed by atoms with Gasteiger partial charge in [-0.05, 0) is 36.6 Å². The Labute approximate surface area is 179 Å². The molecule has 160 valence electrons. The first-order valence-corrected chi connectivity index (χ1v) is 11.7. The summed E-state index contributed by atoms with van der Waals surface area (Å²) in [5.41, 5.74) is 0.695. The largest absolute Gasteiger partial charge is 0.349 e. The molecule has 2 aromatic rings. The van der Waals surface area contributed by atoms with E-state index in [0.29, 0.717) is 5.02 Å². The average Bonchev–Trinajstić information content (AvgIpc) is 2.70. The van der Waals surface area contributed by atoms with E-state index in [1.807, 2.05) is 24.3 Å². The highest BCUT2D eigenvalue weighted by molar-refractivity contribution is 7.90. The van der Waals surface area contributed by atoms with Gasteiger partial charge in [0, 0.05) is 54.7 Å². The van der Waals surface area contributed by atoms with E-state index in [1.54, 1.807) is 0 Å². The minimum absolute atomic E-state index is 0.0341. The van der Waals surface area contributed by atoms with Crippen LogP contribution in [0.3, 0.4) is 0 Å². The summed E-state index contributed by atoms with van der Waals surface area (Å²) in [5, 5.41) is 14.7. The van der Waals surface area contributed by atoms with Crippen LogP contribution in [0.4, 0.5) is 5.69 Å². The molecule has 1 heterocycles. The zero-order valence-electron chi connectivity index (χ0n) is 16.4. The minimum Gasteiger partial charge on any atom is -0.349 e. The molecule has 0 atom stereocenters. The zero-order valence-corrected chi connectivity index (χ0v) is 17.9. The van der Waals surface area contributed by atoms with Crippen molar-refractivity contribution in [1.29, 1.82) is 0 Å². The summed E-state index contributed by atoms with van der Waals surface area (Å²) >= 11 is 5.91. The van der Waals surface area contributed by atoms with Crippen LogP contribution in [0.1, 0.15) is 28.8 Å². The Morgan fingerprint density at radius 2 is 1.83 bits per heavy atom. The second kappa shape index (κ2) is 9.11. The highest BCUT2D eigenvalue weighted by Crippen LogP contribution is 2.22. The second-order valence-corrected chi connectivity index (χ2v) is 9.85. The third-order valence-electron chi connectivity index (χ3n) is 5.03. The van der Waals surface area contributed by atoms with Gasteiger partial charge >= 0.3 is 0 Å². The van der Waals surface area contributed by atoms with Crippen molar-refractivity contribution in [2.45, 2.75) is 30.3 Å². The Morgan fingerprint density at radius 3 is 2.40 bits per heavy atom. The van der Waals surface area contributed by atoms with E-state index in [2.05, 4.69) is 10.2 Å². The molecule has 8 nitrogen and oxygen atoms in total. The van der Waals surface area contributed by atoms with Gasteiger partial charge in [-0.15, -0.1) is 0 Å².